The van der Waals surface area contributed by atoms with Gasteiger partial charge in [-0.2, -0.15) is 18.3 Å². The molecule has 0 unspecified atom stereocenters. The molecule has 0 saturated heterocycles. The van der Waals surface area contributed by atoms with E-state index in [2.05, 4.69) is 10.3 Å². The first kappa shape index (κ1) is 24.1. The number of hydrogen-bond donors (Lipinski definition) is 2. The number of nitrogens with zero attached hydrogens (tertiary/aromatic N) is 3. The summed E-state index contributed by atoms with van der Waals surface area (Å²) < 4.78 is 49.9. The number of halogens is 3. The fourth-order valence-corrected chi connectivity index (χ4v) is 2.51. The van der Waals surface area contributed by atoms with Crippen LogP contribution in [-0.4, -0.2) is 34.1 Å². The van der Waals surface area contributed by atoms with Gasteiger partial charge in [-0.1, -0.05) is 11.2 Å². The van der Waals surface area contributed by atoms with Crippen LogP contribution in [0.15, 0.2) is 65.9 Å². The summed E-state index contributed by atoms with van der Waals surface area (Å²) >= 11 is 0. The Hall–Kier alpha value is -4.55. The van der Waals surface area contributed by atoms with E-state index in [1.807, 2.05) is 0 Å². The second kappa shape index (κ2) is 10.4. The largest absolute Gasteiger partial charge is 0.484 e. The molecule has 13 heteroatoms. The molecule has 0 aliphatic carbocycles. The van der Waals surface area contributed by atoms with Gasteiger partial charge in [0.05, 0.1) is 5.56 Å². The Morgan fingerprint density at radius 3 is 2.41 bits per heavy atom. The highest BCUT2D eigenvalue weighted by Crippen LogP contribution is 2.31. The highest BCUT2D eigenvalue weighted by Gasteiger charge is 2.30. The summed E-state index contributed by atoms with van der Waals surface area (Å²) in [6.07, 6.45) is -3.12. The highest BCUT2D eigenvalue weighted by molar-refractivity contribution is 5.98. The zero-order valence-corrected chi connectivity index (χ0v) is 17.4. The van der Waals surface area contributed by atoms with Crippen LogP contribution in [0.5, 0.6) is 11.5 Å². The van der Waals surface area contributed by atoms with Crippen LogP contribution in [0.2, 0.25) is 0 Å². The van der Waals surface area contributed by atoms with Crippen molar-refractivity contribution >= 4 is 17.7 Å². The van der Waals surface area contributed by atoms with E-state index in [4.69, 9.17) is 25.8 Å². The van der Waals surface area contributed by atoms with E-state index in [-0.39, 0.29) is 30.6 Å². The number of primary amides is 1. The number of carbonyl (C=O) groups excluding carboxylic acids is 2. The molecule has 4 N–H and O–H groups in total. The van der Waals surface area contributed by atoms with Crippen molar-refractivity contribution in [3.8, 4) is 11.5 Å². The number of ether oxygens (including phenoxy) is 2. The molecule has 0 bridgehead atoms. The number of benzene rings is 2. The third-order valence-electron chi connectivity index (χ3n) is 4.13. The van der Waals surface area contributed by atoms with Gasteiger partial charge in [0.1, 0.15) is 11.5 Å². The number of oxime groups is 1. The number of hydrogen-bond acceptors (Lipinski definition) is 7. The maximum Gasteiger partial charge on any atom is 0.416 e. The molecular formula is C21H18F3N5O5. The molecule has 0 radical (unpaired) electrons. The number of amides is 1. The van der Waals surface area contributed by atoms with Gasteiger partial charge >= 0.3 is 12.1 Å². The molecule has 3 aromatic rings. The molecule has 1 amide bonds. The fourth-order valence-electron chi connectivity index (χ4n) is 2.51. The van der Waals surface area contributed by atoms with Crippen LogP contribution in [0.3, 0.4) is 0 Å². The second-order valence-corrected chi connectivity index (χ2v) is 6.67. The minimum atomic E-state index is -4.49. The predicted octanol–water partition coefficient (Wildman–Crippen LogP) is 2.28. The highest BCUT2D eigenvalue weighted by atomic mass is 19.4. The molecule has 10 nitrogen and oxygen atoms in total. The van der Waals surface area contributed by atoms with Gasteiger partial charge < -0.3 is 25.8 Å². The van der Waals surface area contributed by atoms with E-state index in [1.54, 1.807) is 0 Å². The summed E-state index contributed by atoms with van der Waals surface area (Å²) in [6, 6.07) is 11.8. The average Bonchev–Trinajstić information content (AvgIpc) is 3.29. The number of aromatic nitrogens is 2. The monoisotopic (exact) mass is 477 g/mol. The maximum atomic E-state index is 12.8. The molecule has 34 heavy (non-hydrogen) atoms. The Morgan fingerprint density at radius 1 is 1.00 bits per heavy atom. The Kier molecular flexibility index (Phi) is 7.36. The topological polar surface area (TPSA) is 144 Å². The Labute approximate surface area is 190 Å². The molecule has 0 atom stereocenters. The minimum Gasteiger partial charge on any atom is -0.484 e. The van der Waals surface area contributed by atoms with E-state index in [1.165, 1.54) is 53.3 Å². The lowest BCUT2D eigenvalue weighted by molar-refractivity contribution is -0.137. The van der Waals surface area contributed by atoms with Gasteiger partial charge in [-0.3, -0.25) is 4.79 Å². The molecular weight excluding hydrogens is 459 g/mol. The van der Waals surface area contributed by atoms with Crippen molar-refractivity contribution in [1.82, 2.24) is 9.78 Å². The van der Waals surface area contributed by atoms with Crippen molar-refractivity contribution < 1.29 is 37.1 Å². The van der Waals surface area contributed by atoms with Crippen molar-refractivity contribution in [1.29, 1.82) is 0 Å². The smallest absolute Gasteiger partial charge is 0.416 e. The Bertz CT molecular complexity index is 1190. The van der Waals surface area contributed by atoms with Crippen LogP contribution in [0.25, 0.3) is 0 Å². The van der Waals surface area contributed by atoms with Crippen molar-refractivity contribution in [2.24, 2.45) is 16.6 Å². The third-order valence-corrected chi connectivity index (χ3v) is 4.13. The first-order chi connectivity index (χ1) is 16.1. The summed E-state index contributed by atoms with van der Waals surface area (Å²) in [6.45, 7) is -0.525. The van der Waals surface area contributed by atoms with Crippen LogP contribution in [0.4, 0.5) is 13.2 Å². The van der Waals surface area contributed by atoms with E-state index in [0.717, 1.165) is 12.1 Å². The summed E-state index contributed by atoms with van der Waals surface area (Å²) in [7, 11) is 0. The van der Waals surface area contributed by atoms with E-state index in [9.17, 15) is 22.8 Å². The maximum absolute atomic E-state index is 12.8. The minimum absolute atomic E-state index is 0.0159. The number of amidine groups is 1. The fraction of sp³-hybridized carbons (Fsp3) is 0.143. The Balaban J connectivity index is 1.55. The molecule has 0 aliphatic heterocycles. The zero-order chi connectivity index (χ0) is 24.7. The lowest BCUT2D eigenvalue weighted by atomic mass is 10.2. The third kappa shape index (κ3) is 6.72. The molecule has 0 fully saturated rings. The van der Waals surface area contributed by atoms with Gasteiger partial charge in [-0.05, 0) is 48.5 Å². The van der Waals surface area contributed by atoms with Crippen molar-refractivity contribution in [2.75, 3.05) is 6.61 Å². The predicted molar refractivity (Wildman–Crippen MR) is 112 cm³/mol. The van der Waals surface area contributed by atoms with Gasteiger partial charge in [0.15, 0.2) is 24.9 Å². The average molecular weight is 477 g/mol. The molecule has 2 aromatic carbocycles. The standard InChI is InChI=1S/C21H18F3N5O5/c22-21(23,24)14-2-1-3-16(10-14)33-12-29-9-8-17(27-29)20(31)34-28-19(26)13-4-6-15(7-5-13)32-11-18(25)30/h1-10H,11-12H2,(H2,25,30)(H2,26,28). The van der Waals surface area contributed by atoms with Crippen molar-refractivity contribution in [3.05, 3.63) is 77.6 Å². The molecule has 3 rings (SSSR count). The molecule has 0 saturated carbocycles. The first-order valence-corrected chi connectivity index (χ1v) is 9.51. The lowest BCUT2D eigenvalue weighted by Crippen LogP contribution is -2.20. The molecule has 0 aliphatic rings. The van der Waals surface area contributed by atoms with Gasteiger partial charge in [0, 0.05) is 11.8 Å². The lowest BCUT2D eigenvalue weighted by Gasteiger charge is -2.10. The normalized spacial score (nSPS) is 11.7. The number of carbonyl (C=O) groups is 2. The summed E-state index contributed by atoms with van der Waals surface area (Å²) in [4.78, 5) is 27.6. The summed E-state index contributed by atoms with van der Waals surface area (Å²) in [5.41, 5.74) is 10.2. The molecule has 0 spiro atoms. The van der Waals surface area contributed by atoms with Gasteiger partial charge in [0.2, 0.25) is 0 Å². The van der Waals surface area contributed by atoms with Gasteiger partial charge in [-0.25, -0.2) is 9.48 Å². The van der Waals surface area contributed by atoms with E-state index < -0.39 is 23.6 Å². The quantitative estimate of drug-likeness (QED) is 0.208. The first-order valence-electron chi connectivity index (χ1n) is 9.51. The van der Waals surface area contributed by atoms with Crippen molar-refractivity contribution in [2.45, 2.75) is 12.9 Å². The molecule has 178 valence electrons. The van der Waals surface area contributed by atoms with E-state index in [0.29, 0.717) is 11.3 Å². The number of rotatable bonds is 9. The van der Waals surface area contributed by atoms with E-state index >= 15 is 0 Å². The SMILES string of the molecule is NC(=O)COc1ccc(/C(N)=N/OC(=O)c2ccn(COc3cccc(C(F)(F)F)c3)n2)cc1. The van der Waals surface area contributed by atoms with Crippen LogP contribution >= 0.6 is 0 Å². The van der Waals surface area contributed by atoms with Crippen LogP contribution in [-0.2, 0) is 22.5 Å². The molecule has 1 heterocycles. The Morgan fingerprint density at radius 2 is 1.74 bits per heavy atom. The number of nitrogens with two attached hydrogens (primary N) is 2. The van der Waals surface area contributed by atoms with Crippen molar-refractivity contribution in [3.63, 3.8) is 0 Å². The van der Waals surface area contributed by atoms with Crippen LogP contribution in [0, 0.1) is 0 Å². The summed E-state index contributed by atoms with van der Waals surface area (Å²) in [5, 5.41) is 7.48. The molecule has 1 aromatic heterocycles. The zero-order valence-electron chi connectivity index (χ0n) is 17.4. The van der Waals surface area contributed by atoms with Crippen LogP contribution < -0.4 is 20.9 Å². The second-order valence-electron chi connectivity index (χ2n) is 6.67. The number of alkyl halides is 3. The summed E-state index contributed by atoms with van der Waals surface area (Å²) in [5.74, 6) is -1.28. The van der Waals surface area contributed by atoms with Gasteiger partial charge in [0.25, 0.3) is 5.91 Å². The van der Waals surface area contributed by atoms with Crippen LogP contribution in [0.1, 0.15) is 21.6 Å². The van der Waals surface area contributed by atoms with Gasteiger partial charge in [-0.15, -0.1) is 0 Å².